The van der Waals surface area contributed by atoms with Crippen LogP contribution < -0.4 is 9.47 Å². The molecule has 0 amide bonds. The molecule has 0 saturated heterocycles. The van der Waals surface area contributed by atoms with E-state index in [-0.39, 0.29) is 23.7 Å². The summed E-state index contributed by atoms with van der Waals surface area (Å²) in [5.41, 5.74) is -0.103. The molecule has 0 N–H and O–H groups in total. The lowest BCUT2D eigenvalue weighted by Gasteiger charge is -2.04. The summed E-state index contributed by atoms with van der Waals surface area (Å²) in [6.45, 7) is 1.60. The number of rotatable bonds is 3. The molecule has 0 fully saturated rings. The number of hydrogen-bond acceptors (Lipinski definition) is 5. The van der Waals surface area contributed by atoms with Crippen molar-refractivity contribution in [2.75, 3.05) is 6.61 Å². The summed E-state index contributed by atoms with van der Waals surface area (Å²) < 4.78 is 38.3. The third-order valence-corrected chi connectivity index (χ3v) is 2.12. The molecule has 7 heteroatoms. The van der Waals surface area contributed by atoms with Gasteiger partial charge < -0.3 is 14.2 Å². The van der Waals surface area contributed by atoms with E-state index in [0.717, 1.165) is 12.1 Å². The van der Waals surface area contributed by atoms with Gasteiger partial charge in [-0.1, -0.05) is 0 Å². The Morgan fingerprint density at radius 1 is 1.28 bits per heavy atom. The molecular weight excluding hydrogens is 250 g/mol. The van der Waals surface area contributed by atoms with E-state index in [1.54, 1.807) is 6.92 Å². The zero-order chi connectivity index (χ0) is 13.3. The highest BCUT2D eigenvalue weighted by Crippen LogP contribution is 2.41. The standard InChI is InChI=1S/C11H8F2O5/c1-2-16-10(15)9(14)6-3-4-7-8(5-6)18-11(12,13)17-7/h3-5H,2H2,1H3. The lowest BCUT2D eigenvalue weighted by atomic mass is 10.1. The lowest BCUT2D eigenvalue weighted by molar-refractivity contribution is -0.286. The van der Waals surface area contributed by atoms with Gasteiger partial charge in [0.25, 0.3) is 5.78 Å². The number of fused-ring (bicyclic) bond motifs is 1. The molecule has 18 heavy (non-hydrogen) atoms. The van der Waals surface area contributed by atoms with Crippen LogP contribution in [0.2, 0.25) is 0 Å². The minimum atomic E-state index is -3.76. The van der Waals surface area contributed by atoms with Crippen LogP contribution in [0, 0.1) is 0 Å². The summed E-state index contributed by atoms with van der Waals surface area (Å²) in [4.78, 5) is 22.7. The van der Waals surface area contributed by atoms with E-state index in [4.69, 9.17) is 0 Å². The van der Waals surface area contributed by atoms with Gasteiger partial charge in [0, 0.05) is 5.56 Å². The number of esters is 1. The van der Waals surface area contributed by atoms with E-state index in [1.165, 1.54) is 6.07 Å². The van der Waals surface area contributed by atoms with E-state index < -0.39 is 18.0 Å². The number of ketones is 1. The molecule has 0 spiro atoms. The van der Waals surface area contributed by atoms with Crippen molar-refractivity contribution in [1.82, 2.24) is 0 Å². The summed E-state index contributed by atoms with van der Waals surface area (Å²) in [5, 5.41) is 0. The quantitative estimate of drug-likeness (QED) is 0.469. The Hall–Kier alpha value is -2.18. The molecule has 0 unspecified atom stereocenters. The molecule has 2 rings (SSSR count). The van der Waals surface area contributed by atoms with Crippen molar-refractivity contribution in [3.8, 4) is 11.5 Å². The molecule has 1 aromatic rings. The van der Waals surface area contributed by atoms with Gasteiger partial charge in [-0.25, -0.2) is 4.79 Å². The molecule has 0 bridgehead atoms. The van der Waals surface area contributed by atoms with Crippen molar-refractivity contribution in [3.05, 3.63) is 23.8 Å². The van der Waals surface area contributed by atoms with Crippen molar-refractivity contribution in [2.45, 2.75) is 13.2 Å². The van der Waals surface area contributed by atoms with Crippen molar-refractivity contribution in [3.63, 3.8) is 0 Å². The molecule has 96 valence electrons. The third-order valence-electron chi connectivity index (χ3n) is 2.12. The molecule has 0 radical (unpaired) electrons. The highest BCUT2D eigenvalue weighted by molar-refractivity contribution is 6.40. The van der Waals surface area contributed by atoms with Crippen molar-refractivity contribution >= 4 is 11.8 Å². The highest BCUT2D eigenvalue weighted by atomic mass is 19.3. The predicted octanol–water partition coefficient (Wildman–Crippen LogP) is 1.75. The number of alkyl halides is 2. The van der Waals surface area contributed by atoms with E-state index in [2.05, 4.69) is 14.2 Å². The summed E-state index contributed by atoms with van der Waals surface area (Å²) in [6.07, 6.45) is -3.76. The number of carbonyl (C=O) groups excluding carboxylic acids is 2. The van der Waals surface area contributed by atoms with Crippen LogP contribution in [0.3, 0.4) is 0 Å². The number of Topliss-reactive ketones (excluding diaryl/α,β-unsaturated/α-hetero) is 1. The van der Waals surface area contributed by atoms with E-state index in [1.807, 2.05) is 0 Å². The molecule has 1 heterocycles. The van der Waals surface area contributed by atoms with Crippen LogP contribution in [-0.4, -0.2) is 24.7 Å². The second-order valence-corrected chi connectivity index (χ2v) is 3.38. The molecular formula is C11H8F2O5. The normalized spacial score (nSPS) is 15.3. The summed E-state index contributed by atoms with van der Waals surface area (Å²) in [7, 11) is 0. The maximum atomic E-state index is 12.7. The van der Waals surface area contributed by atoms with Gasteiger partial charge >= 0.3 is 12.3 Å². The Labute approximate surface area is 100 Å². The van der Waals surface area contributed by atoms with Gasteiger partial charge in [0.05, 0.1) is 6.61 Å². The van der Waals surface area contributed by atoms with Gasteiger partial charge in [-0.05, 0) is 25.1 Å². The molecule has 1 aliphatic heterocycles. The third kappa shape index (κ3) is 2.24. The van der Waals surface area contributed by atoms with Gasteiger partial charge in [0.1, 0.15) is 0 Å². The molecule has 1 aliphatic rings. The first-order valence-corrected chi connectivity index (χ1v) is 5.04. The van der Waals surface area contributed by atoms with Crippen LogP contribution >= 0.6 is 0 Å². The van der Waals surface area contributed by atoms with Crippen LogP contribution in [0.5, 0.6) is 11.5 Å². The molecule has 0 saturated carbocycles. The molecule has 0 aromatic heterocycles. The number of halogens is 2. The van der Waals surface area contributed by atoms with E-state index in [9.17, 15) is 18.4 Å². The average Bonchev–Trinajstić information content (AvgIpc) is 2.60. The zero-order valence-electron chi connectivity index (χ0n) is 9.24. The lowest BCUT2D eigenvalue weighted by Crippen LogP contribution is -2.25. The van der Waals surface area contributed by atoms with Crippen molar-refractivity contribution in [2.24, 2.45) is 0 Å². The predicted molar refractivity (Wildman–Crippen MR) is 53.6 cm³/mol. The fourth-order valence-corrected chi connectivity index (χ4v) is 1.40. The Kier molecular flexibility index (Phi) is 2.90. The van der Waals surface area contributed by atoms with E-state index >= 15 is 0 Å². The van der Waals surface area contributed by atoms with Crippen LogP contribution in [0.4, 0.5) is 8.78 Å². The highest BCUT2D eigenvalue weighted by Gasteiger charge is 2.43. The Balaban J connectivity index is 2.24. The Bertz CT molecular complexity index is 512. The van der Waals surface area contributed by atoms with Gasteiger partial charge in [-0.3, -0.25) is 4.79 Å². The molecule has 0 aliphatic carbocycles. The molecule has 5 nitrogen and oxygen atoms in total. The van der Waals surface area contributed by atoms with E-state index in [0.29, 0.717) is 0 Å². The van der Waals surface area contributed by atoms with Crippen molar-refractivity contribution < 1.29 is 32.6 Å². The molecule has 1 aromatic carbocycles. The van der Waals surface area contributed by atoms with Gasteiger partial charge in [0.15, 0.2) is 11.5 Å². The minimum absolute atomic E-state index is 0.0488. The minimum Gasteiger partial charge on any atom is -0.460 e. The zero-order valence-corrected chi connectivity index (χ0v) is 9.24. The van der Waals surface area contributed by atoms with Gasteiger partial charge in [0.2, 0.25) is 0 Å². The number of ether oxygens (including phenoxy) is 3. The fourth-order valence-electron chi connectivity index (χ4n) is 1.40. The maximum absolute atomic E-state index is 12.7. The second-order valence-electron chi connectivity index (χ2n) is 3.38. The fraction of sp³-hybridized carbons (Fsp3) is 0.273. The summed E-state index contributed by atoms with van der Waals surface area (Å²) >= 11 is 0. The first-order valence-electron chi connectivity index (χ1n) is 5.04. The molecule has 0 atom stereocenters. The maximum Gasteiger partial charge on any atom is 0.586 e. The van der Waals surface area contributed by atoms with Crippen LogP contribution in [0.15, 0.2) is 18.2 Å². The van der Waals surface area contributed by atoms with Crippen molar-refractivity contribution in [1.29, 1.82) is 0 Å². The van der Waals surface area contributed by atoms with Gasteiger partial charge in [-0.2, -0.15) is 0 Å². The Morgan fingerprint density at radius 2 is 1.94 bits per heavy atom. The largest absolute Gasteiger partial charge is 0.586 e. The smallest absolute Gasteiger partial charge is 0.460 e. The summed E-state index contributed by atoms with van der Waals surface area (Å²) in [6, 6.07) is 3.32. The first kappa shape index (κ1) is 12.3. The van der Waals surface area contributed by atoms with Gasteiger partial charge in [-0.15, -0.1) is 8.78 Å². The monoisotopic (exact) mass is 258 g/mol. The number of carbonyl (C=O) groups is 2. The topological polar surface area (TPSA) is 61.8 Å². The number of hydrogen-bond donors (Lipinski definition) is 0. The Morgan fingerprint density at radius 3 is 2.61 bits per heavy atom. The number of benzene rings is 1. The average molecular weight is 258 g/mol. The second kappa shape index (κ2) is 4.25. The SMILES string of the molecule is CCOC(=O)C(=O)c1ccc2c(c1)OC(F)(F)O2. The van der Waals surface area contributed by atoms with Crippen LogP contribution in [0.1, 0.15) is 17.3 Å². The van der Waals surface area contributed by atoms with Crippen LogP contribution in [-0.2, 0) is 9.53 Å². The van der Waals surface area contributed by atoms with Crippen LogP contribution in [0.25, 0.3) is 0 Å². The summed E-state index contributed by atoms with van der Waals surface area (Å²) in [5.74, 6) is -2.47. The first-order chi connectivity index (χ1) is 8.43.